The first kappa shape index (κ1) is 13.3. The lowest BCUT2D eigenvalue weighted by molar-refractivity contribution is 0.146. The number of halogens is 2. The fourth-order valence-corrected chi connectivity index (χ4v) is 1.86. The van der Waals surface area contributed by atoms with Gasteiger partial charge in [-0.05, 0) is 0 Å². The second-order valence-corrected chi connectivity index (χ2v) is 4.37. The van der Waals surface area contributed by atoms with Crippen molar-refractivity contribution in [1.29, 1.82) is 5.26 Å². The molecule has 92 valence electrons. The molecule has 0 aromatic carbocycles. The largest absolute Gasteiger partial charge is 0.481 e. The van der Waals surface area contributed by atoms with Crippen LogP contribution in [0.1, 0.15) is 17.6 Å². The van der Waals surface area contributed by atoms with E-state index in [9.17, 15) is 17.2 Å². The average molecular weight is 263 g/mol. The van der Waals surface area contributed by atoms with Gasteiger partial charge in [0.15, 0.2) is 5.03 Å². The van der Waals surface area contributed by atoms with Gasteiger partial charge in [-0.2, -0.15) is 10.2 Å². The number of hydrogen-bond donors (Lipinski definition) is 1. The molecule has 1 rings (SSSR count). The van der Waals surface area contributed by atoms with Crippen molar-refractivity contribution in [1.82, 2.24) is 4.98 Å². The monoisotopic (exact) mass is 263 g/mol. The highest BCUT2D eigenvalue weighted by atomic mass is 32.2. The van der Waals surface area contributed by atoms with Crippen LogP contribution in [0.15, 0.2) is 11.1 Å². The van der Waals surface area contributed by atoms with E-state index >= 15 is 0 Å². The van der Waals surface area contributed by atoms with Crippen molar-refractivity contribution in [3.63, 3.8) is 0 Å². The van der Waals surface area contributed by atoms with Crippen LogP contribution >= 0.6 is 0 Å². The average Bonchev–Trinajstić information content (AvgIpc) is 2.25. The van der Waals surface area contributed by atoms with Crippen LogP contribution in [-0.4, -0.2) is 20.5 Å². The number of hydrogen-bond acceptors (Lipinski definition) is 5. The third-order valence-corrected chi connectivity index (χ3v) is 2.67. The van der Waals surface area contributed by atoms with Gasteiger partial charge in [-0.3, -0.25) is 0 Å². The van der Waals surface area contributed by atoms with Gasteiger partial charge < -0.3 is 4.74 Å². The first-order valence-corrected chi connectivity index (χ1v) is 5.66. The molecule has 0 radical (unpaired) electrons. The molecule has 0 aliphatic heterocycles. The van der Waals surface area contributed by atoms with Crippen molar-refractivity contribution >= 4 is 10.0 Å². The maximum atomic E-state index is 12.7. The van der Waals surface area contributed by atoms with Crippen LogP contribution in [0.2, 0.25) is 0 Å². The maximum Gasteiger partial charge on any atom is 0.267 e. The van der Waals surface area contributed by atoms with E-state index < -0.39 is 32.6 Å². The topological polar surface area (TPSA) is 106 Å². The van der Waals surface area contributed by atoms with Crippen LogP contribution in [0, 0.1) is 11.3 Å². The number of aromatic nitrogens is 1. The summed E-state index contributed by atoms with van der Waals surface area (Å²) in [7, 11) is -3.31. The molecule has 6 nitrogen and oxygen atoms in total. The summed E-state index contributed by atoms with van der Waals surface area (Å²) in [4.78, 5) is 3.33. The number of alkyl halides is 2. The zero-order valence-corrected chi connectivity index (χ0v) is 9.33. The SMILES string of the molecule is COc1cc(C#N)c(C(F)F)c(S(N)(=O)=O)n1. The molecule has 2 N–H and O–H groups in total. The molecule has 1 heterocycles. The van der Waals surface area contributed by atoms with Crippen molar-refractivity contribution in [2.24, 2.45) is 5.14 Å². The molecule has 1 aromatic heterocycles. The summed E-state index contributed by atoms with van der Waals surface area (Å²) < 4.78 is 52.2. The highest BCUT2D eigenvalue weighted by Crippen LogP contribution is 2.30. The van der Waals surface area contributed by atoms with E-state index in [1.807, 2.05) is 0 Å². The highest BCUT2D eigenvalue weighted by Gasteiger charge is 2.27. The second-order valence-electron chi connectivity index (χ2n) is 2.89. The summed E-state index contributed by atoms with van der Waals surface area (Å²) in [6.07, 6.45) is -3.18. The van der Waals surface area contributed by atoms with Gasteiger partial charge in [0.1, 0.15) is 0 Å². The zero-order valence-electron chi connectivity index (χ0n) is 8.52. The molecule has 0 bridgehead atoms. The first-order valence-electron chi connectivity index (χ1n) is 4.11. The molecule has 1 aromatic rings. The van der Waals surface area contributed by atoms with Gasteiger partial charge in [-0.1, -0.05) is 0 Å². The quantitative estimate of drug-likeness (QED) is 0.856. The van der Waals surface area contributed by atoms with Gasteiger partial charge in [0.2, 0.25) is 5.88 Å². The van der Waals surface area contributed by atoms with Gasteiger partial charge >= 0.3 is 0 Å². The maximum absolute atomic E-state index is 12.7. The third-order valence-electron chi connectivity index (χ3n) is 1.82. The Labute approximate surface area is 95.7 Å². The van der Waals surface area contributed by atoms with Crippen LogP contribution in [0.4, 0.5) is 8.78 Å². The second kappa shape index (κ2) is 4.60. The molecule has 0 atom stereocenters. The summed E-state index contributed by atoms with van der Waals surface area (Å²) in [6.45, 7) is 0. The number of sulfonamides is 1. The number of primary sulfonamides is 1. The number of nitriles is 1. The van der Waals surface area contributed by atoms with Crippen LogP contribution < -0.4 is 9.88 Å². The molecule has 0 fully saturated rings. The Morgan fingerprint density at radius 3 is 2.53 bits per heavy atom. The Bertz CT molecular complexity index is 580. The minimum absolute atomic E-state index is 0.282. The molecular weight excluding hydrogens is 256 g/mol. The van der Waals surface area contributed by atoms with Crippen molar-refractivity contribution in [2.45, 2.75) is 11.5 Å². The first-order chi connectivity index (χ1) is 7.81. The summed E-state index contributed by atoms with van der Waals surface area (Å²) in [5.74, 6) is -0.282. The number of nitrogens with zero attached hydrogens (tertiary/aromatic N) is 2. The Balaban J connectivity index is 3.72. The van der Waals surface area contributed by atoms with Gasteiger partial charge in [0.25, 0.3) is 16.4 Å². The fourth-order valence-electron chi connectivity index (χ4n) is 1.13. The lowest BCUT2D eigenvalue weighted by Crippen LogP contribution is -2.18. The van der Waals surface area contributed by atoms with E-state index in [-0.39, 0.29) is 5.88 Å². The summed E-state index contributed by atoms with van der Waals surface area (Å²) in [5, 5.41) is 12.4. The summed E-state index contributed by atoms with van der Waals surface area (Å²) in [5.41, 5.74) is -1.56. The van der Waals surface area contributed by atoms with Gasteiger partial charge in [-0.25, -0.2) is 22.3 Å². The van der Waals surface area contributed by atoms with Crippen LogP contribution in [-0.2, 0) is 10.0 Å². The predicted octanol–water partition coefficient (Wildman–Crippen LogP) is 0.547. The lowest BCUT2D eigenvalue weighted by atomic mass is 10.1. The van der Waals surface area contributed by atoms with E-state index in [1.165, 1.54) is 6.07 Å². The molecule has 0 aliphatic carbocycles. The molecule has 17 heavy (non-hydrogen) atoms. The van der Waals surface area contributed by atoms with Gasteiger partial charge in [0.05, 0.1) is 24.3 Å². The lowest BCUT2D eigenvalue weighted by Gasteiger charge is -2.09. The Hall–Kier alpha value is -1.79. The van der Waals surface area contributed by atoms with Crippen molar-refractivity contribution in [2.75, 3.05) is 7.11 Å². The molecule has 0 saturated carbocycles. The molecule has 9 heteroatoms. The van der Waals surface area contributed by atoms with Gasteiger partial charge in [-0.15, -0.1) is 0 Å². The minimum atomic E-state index is -4.47. The molecule has 0 saturated heterocycles. The Kier molecular flexibility index (Phi) is 3.59. The Morgan fingerprint density at radius 2 is 2.18 bits per heavy atom. The number of rotatable bonds is 3. The molecule has 0 amide bonds. The molecule has 0 unspecified atom stereocenters. The van der Waals surface area contributed by atoms with E-state index in [4.69, 9.17) is 10.4 Å². The number of nitrogens with two attached hydrogens (primary N) is 1. The van der Waals surface area contributed by atoms with Crippen LogP contribution in [0.5, 0.6) is 5.88 Å². The van der Waals surface area contributed by atoms with Crippen LogP contribution in [0.25, 0.3) is 0 Å². The van der Waals surface area contributed by atoms with Crippen molar-refractivity contribution in [3.8, 4) is 11.9 Å². The summed E-state index contributed by atoms with van der Waals surface area (Å²) >= 11 is 0. The Morgan fingerprint density at radius 1 is 1.59 bits per heavy atom. The molecule has 0 spiro atoms. The number of pyridine rings is 1. The highest BCUT2D eigenvalue weighted by molar-refractivity contribution is 7.89. The van der Waals surface area contributed by atoms with E-state index in [1.54, 1.807) is 0 Å². The van der Waals surface area contributed by atoms with Crippen molar-refractivity contribution in [3.05, 3.63) is 17.2 Å². The van der Waals surface area contributed by atoms with E-state index in [0.717, 1.165) is 13.2 Å². The predicted molar refractivity (Wildman–Crippen MR) is 51.8 cm³/mol. The normalized spacial score (nSPS) is 11.3. The number of methoxy groups -OCH3 is 1. The smallest absolute Gasteiger partial charge is 0.267 e. The molecular formula is C8H7F2N3O3S. The van der Waals surface area contributed by atoms with Crippen molar-refractivity contribution < 1.29 is 21.9 Å². The molecule has 0 aliphatic rings. The fraction of sp³-hybridized carbons (Fsp3) is 0.250. The minimum Gasteiger partial charge on any atom is -0.481 e. The standard InChI is InChI=1S/C8H7F2N3O3S/c1-16-5-2-4(3-11)6(7(9)10)8(13-5)17(12,14)15/h2,7H,1H3,(H2,12,14,15). The van der Waals surface area contributed by atoms with E-state index in [0.29, 0.717) is 0 Å². The third kappa shape index (κ3) is 2.66. The van der Waals surface area contributed by atoms with Crippen LogP contribution in [0.3, 0.4) is 0 Å². The van der Waals surface area contributed by atoms with E-state index in [2.05, 4.69) is 9.72 Å². The number of ether oxygens (including phenoxy) is 1. The van der Waals surface area contributed by atoms with Gasteiger partial charge in [0, 0.05) is 6.07 Å². The zero-order chi connectivity index (χ0) is 13.2. The summed E-state index contributed by atoms with van der Waals surface area (Å²) in [6, 6.07) is 2.36.